The van der Waals surface area contributed by atoms with Crippen LogP contribution in [0.4, 0.5) is 5.82 Å². The van der Waals surface area contributed by atoms with E-state index in [1.807, 2.05) is 0 Å². The minimum atomic E-state index is 0.281. The lowest BCUT2D eigenvalue weighted by molar-refractivity contribution is 0.170. The highest BCUT2D eigenvalue weighted by atomic mass is 35.5. The number of fused-ring (bicyclic) bond motifs is 1. The SMILES string of the molecule is CN1c2nc(Cl)ncc2OC[C@@H]1C1CCC1. The van der Waals surface area contributed by atoms with Crippen molar-refractivity contribution in [2.24, 2.45) is 5.92 Å². The fraction of sp³-hybridized carbons (Fsp3) is 0.636. The predicted octanol–water partition coefficient (Wildman–Crippen LogP) is 2.13. The van der Waals surface area contributed by atoms with Crippen LogP contribution in [0.25, 0.3) is 0 Å². The van der Waals surface area contributed by atoms with E-state index in [1.165, 1.54) is 19.3 Å². The highest BCUT2D eigenvalue weighted by Gasteiger charge is 2.35. The smallest absolute Gasteiger partial charge is 0.224 e. The van der Waals surface area contributed by atoms with Crippen LogP contribution in [0, 0.1) is 5.92 Å². The molecule has 0 bridgehead atoms. The molecule has 0 radical (unpaired) electrons. The van der Waals surface area contributed by atoms with Gasteiger partial charge in [-0.3, -0.25) is 0 Å². The Bertz CT molecular complexity index is 408. The number of hydrogen-bond acceptors (Lipinski definition) is 4. The second kappa shape index (κ2) is 3.77. The molecule has 2 aliphatic rings. The van der Waals surface area contributed by atoms with Crippen LogP contribution < -0.4 is 9.64 Å². The molecule has 1 atom stereocenters. The fourth-order valence-electron chi connectivity index (χ4n) is 2.42. The molecule has 5 heteroatoms. The van der Waals surface area contributed by atoms with Crippen molar-refractivity contribution in [1.29, 1.82) is 0 Å². The Kier molecular flexibility index (Phi) is 2.39. The zero-order valence-electron chi connectivity index (χ0n) is 9.19. The van der Waals surface area contributed by atoms with E-state index in [4.69, 9.17) is 16.3 Å². The summed E-state index contributed by atoms with van der Waals surface area (Å²) in [6.45, 7) is 0.735. The van der Waals surface area contributed by atoms with Gasteiger partial charge >= 0.3 is 0 Å². The molecule has 1 aliphatic heterocycles. The van der Waals surface area contributed by atoms with E-state index in [9.17, 15) is 0 Å². The van der Waals surface area contributed by atoms with Gasteiger partial charge in [0, 0.05) is 7.05 Å². The number of halogens is 1. The standard InChI is InChI=1S/C11H14ClN3O/c1-15-8(7-3-2-4-7)6-16-9-5-13-11(12)14-10(9)15/h5,7-8H,2-4,6H2,1H3/t8-/m1/s1. The van der Waals surface area contributed by atoms with Crippen LogP contribution in [-0.2, 0) is 0 Å². The Morgan fingerprint density at radius 2 is 2.31 bits per heavy atom. The molecule has 0 saturated heterocycles. The molecule has 3 rings (SSSR count). The van der Waals surface area contributed by atoms with E-state index >= 15 is 0 Å². The molecule has 86 valence electrons. The van der Waals surface area contributed by atoms with Crippen LogP contribution in [0.15, 0.2) is 6.20 Å². The highest BCUT2D eigenvalue weighted by Crippen LogP contribution is 2.38. The third-order valence-corrected chi connectivity index (χ3v) is 3.82. The third-order valence-electron chi connectivity index (χ3n) is 3.64. The summed E-state index contributed by atoms with van der Waals surface area (Å²) in [5, 5.41) is 0.281. The van der Waals surface area contributed by atoms with Gasteiger partial charge < -0.3 is 9.64 Å². The maximum atomic E-state index is 5.81. The van der Waals surface area contributed by atoms with Gasteiger partial charge in [0.25, 0.3) is 0 Å². The van der Waals surface area contributed by atoms with E-state index in [0.29, 0.717) is 6.04 Å². The molecule has 1 aromatic heterocycles. The average molecular weight is 240 g/mol. The van der Waals surface area contributed by atoms with Crippen molar-refractivity contribution in [3.63, 3.8) is 0 Å². The Morgan fingerprint density at radius 1 is 1.50 bits per heavy atom. The summed E-state index contributed by atoms with van der Waals surface area (Å²) in [5.41, 5.74) is 0. The van der Waals surface area contributed by atoms with Crippen LogP contribution >= 0.6 is 11.6 Å². The normalized spacial score (nSPS) is 24.6. The van der Waals surface area contributed by atoms with Gasteiger partial charge in [0.15, 0.2) is 11.6 Å². The molecule has 1 aliphatic carbocycles. The van der Waals surface area contributed by atoms with Crippen molar-refractivity contribution in [3.05, 3.63) is 11.5 Å². The van der Waals surface area contributed by atoms with Crippen molar-refractivity contribution in [1.82, 2.24) is 9.97 Å². The number of rotatable bonds is 1. The summed E-state index contributed by atoms with van der Waals surface area (Å²) in [6, 6.07) is 0.437. The first-order valence-electron chi connectivity index (χ1n) is 5.64. The van der Waals surface area contributed by atoms with Crippen molar-refractivity contribution in [2.75, 3.05) is 18.6 Å². The Morgan fingerprint density at radius 3 is 3.00 bits per heavy atom. The first-order valence-corrected chi connectivity index (χ1v) is 6.01. The lowest BCUT2D eigenvalue weighted by Gasteiger charge is -2.42. The summed E-state index contributed by atoms with van der Waals surface area (Å²) in [6.07, 6.45) is 5.59. The molecular weight excluding hydrogens is 226 g/mol. The number of likely N-dealkylation sites (N-methyl/N-ethyl adjacent to an activating group) is 1. The molecule has 4 nitrogen and oxygen atoms in total. The average Bonchev–Trinajstić information content (AvgIpc) is 2.20. The molecular formula is C11H14ClN3O. The molecule has 2 heterocycles. The predicted molar refractivity (Wildman–Crippen MR) is 62.1 cm³/mol. The number of anilines is 1. The molecule has 0 amide bonds. The van der Waals surface area contributed by atoms with Gasteiger partial charge in [0.05, 0.1) is 12.2 Å². The summed E-state index contributed by atoms with van der Waals surface area (Å²) >= 11 is 5.81. The molecule has 1 saturated carbocycles. The quantitative estimate of drug-likeness (QED) is 0.704. The fourth-order valence-corrected chi connectivity index (χ4v) is 2.55. The monoisotopic (exact) mass is 239 g/mol. The molecule has 1 aromatic rings. The second-order valence-electron chi connectivity index (χ2n) is 4.51. The van der Waals surface area contributed by atoms with Crippen molar-refractivity contribution < 1.29 is 4.74 Å². The van der Waals surface area contributed by atoms with Crippen LogP contribution in [0.2, 0.25) is 5.28 Å². The van der Waals surface area contributed by atoms with Gasteiger partial charge in [-0.25, -0.2) is 4.98 Å². The highest BCUT2D eigenvalue weighted by molar-refractivity contribution is 6.28. The maximum Gasteiger partial charge on any atom is 0.224 e. The molecule has 1 fully saturated rings. The Hall–Kier alpha value is -1.03. The van der Waals surface area contributed by atoms with Crippen molar-refractivity contribution >= 4 is 17.4 Å². The second-order valence-corrected chi connectivity index (χ2v) is 4.85. The van der Waals surface area contributed by atoms with E-state index in [-0.39, 0.29) is 5.28 Å². The van der Waals surface area contributed by atoms with Gasteiger partial charge in [0.1, 0.15) is 6.61 Å². The van der Waals surface area contributed by atoms with E-state index in [0.717, 1.165) is 24.1 Å². The number of aromatic nitrogens is 2. The van der Waals surface area contributed by atoms with E-state index in [2.05, 4.69) is 21.9 Å². The van der Waals surface area contributed by atoms with E-state index < -0.39 is 0 Å². The Balaban J connectivity index is 1.90. The first-order chi connectivity index (χ1) is 7.75. The van der Waals surface area contributed by atoms with Gasteiger partial charge in [-0.1, -0.05) is 6.42 Å². The minimum Gasteiger partial charge on any atom is -0.486 e. The van der Waals surface area contributed by atoms with Gasteiger partial charge in [-0.2, -0.15) is 4.98 Å². The molecule has 0 spiro atoms. The van der Waals surface area contributed by atoms with Crippen LogP contribution in [-0.4, -0.2) is 29.7 Å². The van der Waals surface area contributed by atoms with Crippen LogP contribution in [0.1, 0.15) is 19.3 Å². The lowest BCUT2D eigenvalue weighted by atomic mass is 9.79. The number of hydrogen-bond donors (Lipinski definition) is 0. The molecule has 16 heavy (non-hydrogen) atoms. The number of ether oxygens (including phenoxy) is 1. The molecule has 0 N–H and O–H groups in total. The van der Waals surface area contributed by atoms with Crippen molar-refractivity contribution in [3.8, 4) is 5.75 Å². The summed E-state index contributed by atoms with van der Waals surface area (Å²) in [4.78, 5) is 10.4. The largest absolute Gasteiger partial charge is 0.486 e. The first kappa shape index (κ1) is 10.1. The van der Waals surface area contributed by atoms with Gasteiger partial charge in [-0.05, 0) is 30.4 Å². The zero-order valence-corrected chi connectivity index (χ0v) is 9.94. The topological polar surface area (TPSA) is 38.2 Å². The van der Waals surface area contributed by atoms with Crippen LogP contribution in [0.3, 0.4) is 0 Å². The third kappa shape index (κ3) is 1.52. The van der Waals surface area contributed by atoms with Crippen molar-refractivity contribution in [2.45, 2.75) is 25.3 Å². The summed E-state index contributed by atoms with van der Waals surface area (Å²) in [7, 11) is 2.06. The molecule has 0 unspecified atom stereocenters. The lowest BCUT2D eigenvalue weighted by Crippen LogP contribution is -2.48. The zero-order chi connectivity index (χ0) is 11.1. The van der Waals surface area contributed by atoms with Crippen LogP contribution in [0.5, 0.6) is 5.75 Å². The van der Waals surface area contributed by atoms with Gasteiger partial charge in [0.2, 0.25) is 5.28 Å². The van der Waals surface area contributed by atoms with Gasteiger partial charge in [-0.15, -0.1) is 0 Å². The number of nitrogens with zero attached hydrogens (tertiary/aromatic N) is 3. The Labute approximate surface area is 99.6 Å². The molecule has 0 aromatic carbocycles. The maximum absolute atomic E-state index is 5.81. The summed E-state index contributed by atoms with van der Waals surface area (Å²) in [5.74, 6) is 2.30. The van der Waals surface area contributed by atoms with E-state index in [1.54, 1.807) is 6.20 Å². The summed E-state index contributed by atoms with van der Waals surface area (Å²) < 4.78 is 5.69. The minimum absolute atomic E-state index is 0.281.